The molecule has 0 aliphatic heterocycles. The minimum absolute atomic E-state index is 0.164. The molecule has 1 N–H and O–H groups in total. The number of hydrogen-bond acceptors (Lipinski definition) is 2. The van der Waals surface area contributed by atoms with Crippen LogP contribution in [0.25, 0.3) is 6.08 Å². The summed E-state index contributed by atoms with van der Waals surface area (Å²) in [5.41, 5.74) is 2.81. The lowest BCUT2D eigenvalue weighted by Crippen LogP contribution is -2.09. The zero-order valence-corrected chi connectivity index (χ0v) is 14.2. The Morgan fingerprint density at radius 1 is 1.27 bits per heavy atom. The van der Waals surface area contributed by atoms with Crippen LogP contribution in [0.1, 0.15) is 18.1 Å². The van der Waals surface area contributed by atoms with Crippen LogP contribution in [0.4, 0.5) is 5.69 Å². The molecule has 3 nitrogen and oxygen atoms in total. The van der Waals surface area contributed by atoms with Crippen molar-refractivity contribution in [3.05, 3.63) is 64.1 Å². The van der Waals surface area contributed by atoms with Gasteiger partial charge in [-0.15, -0.1) is 0 Å². The van der Waals surface area contributed by atoms with Gasteiger partial charge in [0, 0.05) is 21.8 Å². The van der Waals surface area contributed by atoms with Gasteiger partial charge in [-0.25, -0.2) is 0 Å². The summed E-state index contributed by atoms with van der Waals surface area (Å²) >= 11 is 3.42. The number of aryl methyl sites for hydroxylation is 1. The quantitative estimate of drug-likeness (QED) is 0.787. The average Bonchev–Trinajstić information content (AvgIpc) is 2.53. The number of methoxy groups -OCH3 is 1. The van der Waals surface area contributed by atoms with E-state index in [1.807, 2.05) is 42.5 Å². The normalized spacial score (nSPS) is 10.7. The number of hydrogen-bond donors (Lipinski definition) is 1. The summed E-state index contributed by atoms with van der Waals surface area (Å²) in [7, 11) is 1.61. The minimum Gasteiger partial charge on any atom is -0.496 e. The highest BCUT2D eigenvalue weighted by molar-refractivity contribution is 9.10. The molecule has 0 unspecified atom stereocenters. The van der Waals surface area contributed by atoms with Crippen LogP contribution in [0.5, 0.6) is 5.75 Å². The fourth-order valence-corrected chi connectivity index (χ4v) is 2.50. The Kier molecular flexibility index (Phi) is 5.78. The van der Waals surface area contributed by atoms with Gasteiger partial charge in [0.05, 0.1) is 7.11 Å². The lowest BCUT2D eigenvalue weighted by atomic mass is 10.1. The molecule has 0 aliphatic rings. The summed E-state index contributed by atoms with van der Waals surface area (Å²) in [6.45, 7) is 2.06. The van der Waals surface area contributed by atoms with Gasteiger partial charge >= 0.3 is 0 Å². The fraction of sp³-hybridized carbons (Fsp3) is 0.167. The smallest absolute Gasteiger partial charge is 0.248 e. The van der Waals surface area contributed by atoms with Crippen LogP contribution in [-0.2, 0) is 11.2 Å². The molecule has 0 fully saturated rings. The minimum atomic E-state index is -0.164. The second-order valence-electron chi connectivity index (χ2n) is 4.72. The molecule has 2 aromatic carbocycles. The van der Waals surface area contributed by atoms with Crippen molar-refractivity contribution in [2.45, 2.75) is 13.3 Å². The summed E-state index contributed by atoms with van der Waals surface area (Å²) in [5, 5.41) is 2.91. The Labute approximate surface area is 139 Å². The molecule has 0 saturated carbocycles. The highest BCUT2D eigenvalue weighted by atomic mass is 79.9. The first-order valence-corrected chi connectivity index (χ1v) is 7.84. The molecule has 2 aromatic rings. The lowest BCUT2D eigenvalue weighted by molar-refractivity contribution is -0.111. The number of carbonyl (C=O) groups is 1. The van der Waals surface area contributed by atoms with E-state index in [9.17, 15) is 4.79 Å². The van der Waals surface area contributed by atoms with Crippen LogP contribution in [-0.4, -0.2) is 13.0 Å². The van der Waals surface area contributed by atoms with E-state index in [4.69, 9.17) is 4.74 Å². The van der Waals surface area contributed by atoms with Crippen molar-refractivity contribution in [2.75, 3.05) is 12.4 Å². The van der Waals surface area contributed by atoms with Gasteiger partial charge in [0.25, 0.3) is 0 Å². The van der Waals surface area contributed by atoms with Gasteiger partial charge in [0.15, 0.2) is 0 Å². The maximum atomic E-state index is 12.1. The van der Waals surface area contributed by atoms with Crippen molar-refractivity contribution in [2.24, 2.45) is 0 Å². The first-order chi connectivity index (χ1) is 10.6. The van der Waals surface area contributed by atoms with E-state index >= 15 is 0 Å². The predicted molar refractivity (Wildman–Crippen MR) is 94.2 cm³/mol. The number of benzene rings is 2. The van der Waals surface area contributed by atoms with E-state index in [1.54, 1.807) is 13.2 Å². The highest BCUT2D eigenvalue weighted by Gasteiger charge is 2.04. The molecule has 0 saturated heterocycles. The number of nitrogens with one attached hydrogen (secondary N) is 1. The molecule has 114 valence electrons. The largest absolute Gasteiger partial charge is 0.496 e. The second kappa shape index (κ2) is 7.80. The second-order valence-corrected chi connectivity index (χ2v) is 5.64. The Balaban J connectivity index is 2.13. The molecule has 0 atom stereocenters. The maximum absolute atomic E-state index is 12.1. The molecule has 0 aliphatic carbocycles. The monoisotopic (exact) mass is 359 g/mol. The van der Waals surface area contributed by atoms with E-state index < -0.39 is 0 Å². The Hall–Kier alpha value is -2.07. The number of para-hydroxylation sites is 1. The third kappa shape index (κ3) is 4.21. The molecule has 4 heteroatoms. The predicted octanol–water partition coefficient (Wildman–Crippen LogP) is 4.67. The van der Waals surface area contributed by atoms with Crippen molar-refractivity contribution in [3.63, 3.8) is 0 Å². The number of rotatable bonds is 5. The zero-order chi connectivity index (χ0) is 15.9. The van der Waals surface area contributed by atoms with Crippen LogP contribution < -0.4 is 10.1 Å². The molecule has 0 spiro atoms. The molecule has 0 radical (unpaired) electrons. The third-order valence-corrected chi connectivity index (χ3v) is 3.76. The van der Waals surface area contributed by atoms with E-state index in [0.29, 0.717) is 0 Å². The van der Waals surface area contributed by atoms with Gasteiger partial charge in [0.1, 0.15) is 5.75 Å². The fourth-order valence-electron chi connectivity index (χ4n) is 2.13. The number of halogens is 1. The van der Waals surface area contributed by atoms with E-state index in [1.165, 1.54) is 6.08 Å². The van der Waals surface area contributed by atoms with Crippen LogP contribution in [0.3, 0.4) is 0 Å². The van der Waals surface area contributed by atoms with Crippen molar-refractivity contribution >= 4 is 33.6 Å². The molecule has 0 heterocycles. The number of anilines is 1. The van der Waals surface area contributed by atoms with Gasteiger partial charge in [-0.1, -0.05) is 41.1 Å². The Bertz CT molecular complexity index is 695. The summed E-state index contributed by atoms with van der Waals surface area (Å²) in [6, 6.07) is 13.5. The zero-order valence-electron chi connectivity index (χ0n) is 12.6. The van der Waals surface area contributed by atoms with Gasteiger partial charge in [-0.3, -0.25) is 4.79 Å². The van der Waals surface area contributed by atoms with Crippen molar-refractivity contribution in [3.8, 4) is 5.75 Å². The first-order valence-electron chi connectivity index (χ1n) is 7.04. The lowest BCUT2D eigenvalue weighted by Gasteiger charge is -2.08. The molecule has 22 heavy (non-hydrogen) atoms. The standard InChI is InChI=1S/C18H18BrNO2/c1-3-13-6-4-5-7-16(13)20-18(21)11-8-14-12-15(19)9-10-17(14)22-2/h4-12H,3H2,1-2H3,(H,20,21)/b11-8+. The highest BCUT2D eigenvalue weighted by Crippen LogP contribution is 2.24. The van der Waals surface area contributed by atoms with E-state index in [-0.39, 0.29) is 5.91 Å². The van der Waals surface area contributed by atoms with Crippen LogP contribution in [0, 0.1) is 0 Å². The molecular weight excluding hydrogens is 342 g/mol. The van der Waals surface area contributed by atoms with E-state index in [2.05, 4.69) is 28.2 Å². The summed E-state index contributed by atoms with van der Waals surface area (Å²) in [6.07, 6.45) is 4.13. The summed E-state index contributed by atoms with van der Waals surface area (Å²) < 4.78 is 6.22. The van der Waals surface area contributed by atoms with Crippen LogP contribution in [0.2, 0.25) is 0 Å². The SMILES string of the molecule is CCc1ccccc1NC(=O)/C=C/c1cc(Br)ccc1OC. The average molecular weight is 360 g/mol. The summed E-state index contributed by atoms with van der Waals surface area (Å²) in [5.74, 6) is 0.559. The van der Waals surface area contributed by atoms with Crippen LogP contribution >= 0.6 is 15.9 Å². The molecule has 0 aromatic heterocycles. The maximum Gasteiger partial charge on any atom is 0.248 e. The van der Waals surface area contributed by atoms with Gasteiger partial charge in [-0.05, 0) is 42.3 Å². The third-order valence-electron chi connectivity index (χ3n) is 3.26. The Morgan fingerprint density at radius 2 is 2.05 bits per heavy atom. The number of carbonyl (C=O) groups excluding carboxylic acids is 1. The Morgan fingerprint density at radius 3 is 2.77 bits per heavy atom. The van der Waals surface area contributed by atoms with Gasteiger partial charge < -0.3 is 10.1 Å². The van der Waals surface area contributed by atoms with E-state index in [0.717, 1.165) is 33.5 Å². The van der Waals surface area contributed by atoms with Gasteiger partial charge in [0.2, 0.25) is 5.91 Å². The summed E-state index contributed by atoms with van der Waals surface area (Å²) in [4.78, 5) is 12.1. The van der Waals surface area contributed by atoms with Crippen molar-refractivity contribution in [1.29, 1.82) is 0 Å². The molecule has 0 bridgehead atoms. The molecule has 1 amide bonds. The molecule has 2 rings (SSSR count). The van der Waals surface area contributed by atoms with Gasteiger partial charge in [-0.2, -0.15) is 0 Å². The number of amides is 1. The van der Waals surface area contributed by atoms with Crippen LogP contribution in [0.15, 0.2) is 53.0 Å². The van der Waals surface area contributed by atoms with Crippen molar-refractivity contribution < 1.29 is 9.53 Å². The number of ether oxygens (including phenoxy) is 1. The molecular formula is C18H18BrNO2. The first kappa shape index (κ1) is 16.3. The topological polar surface area (TPSA) is 38.3 Å². The van der Waals surface area contributed by atoms with Crippen molar-refractivity contribution in [1.82, 2.24) is 0 Å².